The lowest BCUT2D eigenvalue weighted by molar-refractivity contribution is 0.323. The first-order chi connectivity index (χ1) is 26.2. The Hall–Kier alpha value is -5.02. The molecular weight excluding hydrogens is 710 g/mol. The van der Waals surface area contributed by atoms with Gasteiger partial charge in [-0.3, -0.25) is 0 Å². The predicted molar refractivity (Wildman–Crippen MR) is 228 cm³/mol. The van der Waals surface area contributed by atoms with E-state index in [0.717, 1.165) is 21.7 Å². The summed E-state index contributed by atoms with van der Waals surface area (Å²) in [6.07, 6.45) is 0. The van der Waals surface area contributed by atoms with E-state index in [1.807, 2.05) is 0 Å². The lowest BCUT2D eigenvalue weighted by Crippen LogP contribution is -2.27. The molecule has 0 aliphatic heterocycles. The van der Waals surface area contributed by atoms with Crippen molar-refractivity contribution in [3.05, 3.63) is 131 Å². The molecule has 0 bridgehead atoms. The van der Waals surface area contributed by atoms with Gasteiger partial charge >= 0.3 is 0 Å². The molecule has 0 fully saturated rings. The van der Waals surface area contributed by atoms with E-state index in [9.17, 15) is 0 Å². The first-order valence-corrected chi connectivity index (χ1v) is 20.4. The van der Waals surface area contributed by atoms with E-state index in [1.165, 1.54) is 43.5 Å². The normalized spacial score (nSPS) is 11.1. The van der Waals surface area contributed by atoms with E-state index in [4.69, 9.17) is 28.4 Å². The summed E-state index contributed by atoms with van der Waals surface area (Å²) in [5, 5.41) is 6.74. The standard InChI is InChI=1S/C46H48O6P2/c1-29-11-19-33(20-12-29)53(34-21-13-30(2)14-22-34)39-27-37(47-5)43(49-7)45(51-9)41(39)42-40(28-38(48-6)44(50-8)46(42)52-10)54(35-23-15-31(3)16-24-35)36-25-17-32(4)18-26-36/h11-28H,1-10H3. The molecule has 0 aliphatic rings. The van der Waals surface area contributed by atoms with E-state index < -0.39 is 15.8 Å². The van der Waals surface area contributed by atoms with Gasteiger partial charge < -0.3 is 28.4 Å². The van der Waals surface area contributed by atoms with Crippen LogP contribution < -0.4 is 60.2 Å². The number of ether oxygens (including phenoxy) is 6. The summed E-state index contributed by atoms with van der Waals surface area (Å²) in [5.41, 5.74) is 6.42. The van der Waals surface area contributed by atoms with E-state index in [2.05, 4.69) is 137 Å². The molecule has 6 rings (SSSR count). The van der Waals surface area contributed by atoms with E-state index in [-0.39, 0.29) is 0 Å². The van der Waals surface area contributed by atoms with Gasteiger partial charge in [-0.1, -0.05) is 119 Å². The Morgan fingerprint density at radius 1 is 0.315 bits per heavy atom. The van der Waals surface area contributed by atoms with E-state index >= 15 is 0 Å². The van der Waals surface area contributed by atoms with Crippen LogP contribution in [-0.4, -0.2) is 42.7 Å². The molecule has 8 heteroatoms. The molecule has 278 valence electrons. The van der Waals surface area contributed by atoms with Gasteiger partial charge in [-0.15, -0.1) is 0 Å². The molecule has 0 aliphatic carbocycles. The largest absolute Gasteiger partial charge is 0.493 e. The zero-order valence-corrected chi connectivity index (χ0v) is 34.5. The van der Waals surface area contributed by atoms with Crippen LogP contribution in [0.1, 0.15) is 22.3 Å². The number of benzene rings is 6. The third-order valence-electron chi connectivity index (χ3n) is 9.52. The fourth-order valence-electron chi connectivity index (χ4n) is 6.75. The van der Waals surface area contributed by atoms with Gasteiger partial charge in [0.15, 0.2) is 23.0 Å². The highest BCUT2D eigenvalue weighted by Crippen LogP contribution is 2.55. The maximum atomic E-state index is 6.46. The number of methoxy groups -OCH3 is 6. The third kappa shape index (κ3) is 7.51. The first kappa shape index (κ1) is 38.7. The van der Waals surface area contributed by atoms with Crippen LogP contribution in [0.15, 0.2) is 109 Å². The molecule has 0 unspecified atom stereocenters. The smallest absolute Gasteiger partial charge is 0.203 e. The second kappa shape index (κ2) is 17.0. The Kier molecular flexibility index (Phi) is 12.2. The SMILES string of the molecule is COc1cc(P(c2ccc(C)cc2)c2ccc(C)cc2)c(-c2c(P(c3ccc(C)cc3)c3ccc(C)cc3)cc(OC)c(OC)c2OC)c(OC)c1OC. The van der Waals surface area contributed by atoms with Gasteiger partial charge in [-0.2, -0.15) is 0 Å². The molecule has 6 aromatic carbocycles. The first-order valence-electron chi connectivity index (χ1n) is 17.7. The average Bonchev–Trinajstić information content (AvgIpc) is 3.19. The highest BCUT2D eigenvalue weighted by Gasteiger charge is 2.35. The number of aryl methyl sites for hydroxylation is 4. The van der Waals surface area contributed by atoms with Gasteiger partial charge in [0.25, 0.3) is 0 Å². The molecule has 0 radical (unpaired) electrons. The van der Waals surface area contributed by atoms with Crippen LogP contribution >= 0.6 is 15.8 Å². The van der Waals surface area contributed by atoms with Gasteiger partial charge in [0.2, 0.25) is 11.5 Å². The zero-order valence-electron chi connectivity index (χ0n) is 32.7. The quantitative estimate of drug-likeness (QED) is 0.111. The lowest BCUT2D eigenvalue weighted by Gasteiger charge is -2.31. The molecular formula is C46H48O6P2. The van der Waals surface area contributed by atoms with Crippen molar-refractivity contribution in [3.63, 3.8) is 0 Å². The van der Waals surface area contributed by atoms with Gasteiger partial charge in [0, 0.05) is 21.7 Å². The summed E-state index contributed by atoms with van der Waals surface area (Å²) in [6, 6.07) is 39.4. The van der Waals surface area contributed by atoms with Crippen molar-refractivity contribution in [2.45, 2.75) is 27.7 Å². The molecule has 0 heterocycles. The van der Waals surface area contributed by atoms with Crippen LogP contribution in [0.5, 0.6) is 34.5 Å². The minimum atomic E-state index is -1.20. The second-order valence-electron chi connectivity index (χ2n) is 13.1. The van der Waals surface area contributed by atoms with E-state index in [0.29, 0.717) is 34.5 Å². The van der Waals surface area contributed by atoms with Crippen molar-refractivity contribution >= 4 is 47.7 Å². The Balaban J connectivity index is 1.86. The van der Waals surface area contributed by atoms with Crippen molar-refractivity contribution in [2.24, 2.45) is 0 Å². The van der Waals surface area contributed by atoms with Crippen LogP contribution in [0.25, 0.3) is 11.1 Å². The molecule has 6 aromatic rings. The summed E-state index contributed by atoms with van der Waals surface area (Å²) < 4.78 is 37.3. The molecule has 0 saturated heterocycles. The minimum Gasteiger partial charge on any atom is -0.493 e. The highest BCUT2D eigenvalue weighted by molar-refractivity contribution is 7.80. The molecule has 0 aromatic heterocycles. The van der Waals surface area contributed by atoms with Crippen LogP contribution in [0, 0.1) is 27.7 Å². The molecule has 0 spiro atoms. The zero-order chi connectivity index (χ0) is 38.5. The third-order valence-corrected chi connectivity index (χ3v) is 14.4. The van der Waals surface area contributed by atoms with Gasteiger partial charge in [-0.25, -0.2) is 0 Å². The summed E-state index contributed by atoms with van der Waals surface area (Å²) in [6.45, 7) is 8.45. The summed E-state index contributed by atoms with van der Waals surface area (Å²) >= 11 is 0. The molecule has 0 atom stereocenters. The summed E-state index contributed by atoms with van der Waals surface area (Å²) in [5.74, 6) is 3.18. The number of hydrogen-bond donors (Lipinski definition) is 0. The Morgan fingerprint density at radius 3 is 0.759 bits per heavy atom. The lowest BCUT2D eigenvalue weighted by atomic mass is 10.0. The van der Waals surface area contributed by atoms with Crippen molar-refractivity contribution in [1.82, 2.24) is 0 Å². The predicted octanol–water partition coefficient (Wildman–Crippen LogP) is 8.16. The molecule has 0 N–H and O–H groups in total. The number of hydrogen-bond acceptors (Lipinski definition) is 6. The minimum absolute atomic E-state index is 0.485. The maximum Gasteiger partial charge on any atom is 0.203 e. The molecule has 54 heavy (non-hydrogen) atoms. The Bertz CT molecular complexity index is 1960. The van der Waals surface area contributed by atoms with Crippen LogP contribution in [-0.2, 0) is 0 Å². The van der Waals surface area contributed by atoms with Crippen LogP contribution in [0.2, 0.25) is 0 Å². The van der Waals surface area contributed by atoms with Crippen molar-refractivity contribution < 1.29 is 28.4 Å². The van der Waals surface area contributed by atoms with Gasteiger partial charge in [0.1, 0.15) is 0 Å². The number of rotatable bonds is 13. The fourth-order valence-corrected chi connectivity index (χ4v) is 11.6. The van der Waals surface area contributed by atoms with Gasteiger partial charge in [-0.05, 0) is 76.9 Å². The van der Waals surface area contributed by atoms with Gasteiger partial charge in [0.05, 0.1) is 42.7 Å². The van der Waals surface area contributed by atoms with E-state index in [1.54, 1.807) is 42.7 Å². The monoisotopic (exact) mass is 758 g/mol. The van der Waals surface area contributed by atoms with Crippen LogP contribution in [0.3, 0.4) is 0 Å². The highest BCUT2D eigenvalue weighted by atomic mass is 31.1. The van der Waals surface area contributed by atoms with Crippen molar-refractivity contribution in [3.8, 4) is 45.6 Å². The molecule has 0 saturated carbocycles. The summed E-state index contributed by atoms with van der Waals surface area (Å²) in [7, 11) is 7.57. The topological polar surface area (TPSA) is 55.4 Å². The second-order valence-corrected chi connectivity index (χ2v) is 17.5. The average molecular weight is 759 g/mol. The van der Waals surface area contributed by atoms with Crippen LogP contribution in [0.4, 0.5) is 0 Å². The molecule has 0 amide bonds. The maximum absolute atomic E-state index is 6.46. The fraction of sp³-hybridized carbons (Fsp3) is 0.217. The van der Waals surface area contributed by atoms with Crippen molar-refractivity contribution in [2.75, 3.05) is 42.7 Å². The van der Waals surface area contributed by atoms with Crippen molar-refractivity contribution in [1.29, 1.82) is 0 Å². The summed E-state index contributed by atoms with van der Waals surface area (Å²) in [4.78, 5) is 0. The Labute approximate surface area is 322 Å². The Morgan fingerprint density at radius 2 is 0.556 bits per heavy atom. The molecule has 6 nitrogen and oxygen atoms in total.